The van der Waals surface area contributed by atoms with Crippen LogP contribution in [0.5, 0.6) is 11.5 Å². The number of phenols is 2. The van der Waals surface area contributed by atoms with E-state index in [1.807, 2.05) is 0 Å². The molecule has 0 atom stereocenters. The number of nitrogens with two attached hydrogens (primary N) is 1. The van der Waals surface area contributed by atoms with Gasteiger partial charge in [0.2, 0.25) is 0 Å². The first-order chi connectivity index (χ1) is 10.4. The van der Waals surface area contributed by atoms with Crippen LogP contribution in [0.25, 0.3) is 6.08 Å². The van der Waals surface area contributed by atoms with Gasteiger partial charge in [-0.25, -0.2) is 14.3 Å². The van der Waals surface area contributed by atoms with Crippen molar-refractivity contribution >= 4 is 17.7 Å². The first-order valence-corrected chi connectivity index (χ1v) is 5.95. The van der Waals surface area contributed by atoms with Gasteiger partial charge in [-0.15, -0.1) is 0 Å². The predicted octanol–water partition coefficient (Wildman–Crippen LogP) is 0.484. The highest BCUT2D eigenvalue weighted by Gasteiger charge is 2.14. The number of nitrogens with zero attached hydrogens (tertiary/aromatic N) is 3. The van der Waals surface area contributed by atoms with Gasteiger partial charge in [-0.1, -0.05) is 0 Å². The lowest BCUT2D eigenvalue weighted by Gasteiger charge is -2.05. The van der Waals surface area contributed by atoms with E-state index in [1.54, 1.807) is 6.07 Å². The van der Waals surface area contributed by atoms with Gasteiger partial charge in [0.15, 0.2) is 11.5 Å². The zero-order valence-corrected chi connectivity index (χ0v) is 11.1. The van der Waals surface area contributed by atoms with Gasteiger partial charge in [0.05, 0.1) is 5.69 Å². The monoisotopic (exact) mass is 298 g/mol. The Morgan fingerprint density at radius 2 is 2.14 bits per heavy atom. The Kier molecular flexibility index (Phi) is 3.90. The summed E-state index contributed by atoms with van der Waals surface area (Å²) in [6.07, 6.45) is 3.55. The maximum absolute atomic E-state index is 12.1. The molecule has 0 saturated heterocycles. The van der Waals surface area contributed by atoms with Crippen LogP contribution < -0.4 is 11.4 Å². The average molecular weight is 298 g/mol. The molecular formula is C14H10N4O4. The average Bonchev–Trinajstić information content (AvgIpc) is 2.50. The molecule has 0 amide bonds. The van der Waals surface area contributed by atoms with Gasteiger partial charge in [-0.3, -0.25) is 4.79 Å². The molecule has 0 radical (unpaired) electrons. The van der Waals surface area contributed by atoms with Crippen LogP contribution in [0.15, 0.2) is 41.0 Å². The molecule has 2 rings (SSSR count). The number of nitriles is 1. The van der Waals surface area contributed by atoms with Gasteiger partial charge >= 0.3 is 5.69 Å². The molecule has 0 bridgehead atoms. The van der Waals surface area contributed by atoms with Crippen LogP contribution in [0.3, 0.4) is 0 Å². The van der Waals surface area contributed by atoms with Gasteiger partial charge in [-0.05, 0) is 29.8 Å². The van der Waals surface area contributed by atoms with E-state index < -0.39 is 23.1 Å². The molecule has 0 spiro atoms. The van der Waals surface area contributed by atoms with Crippen LogP contribution in [-0.2, 0) is 0 Å². The largest absolute Gasteiger partial charge is 0.504 e. The van der Waals surface area contributed by atoms with Crippen molar-refractivity contribution in [3.8, 4) is 17.6 Å². The van der Waals surface area contributed by atoms with E-state index in [-0.39, 0.29) is 16.8 Å². The smallest absolute Gasteiger partial charge is 0.354 e. The van der Waals surface area contributed by atoms with E-state index in [0.717, 1.165) is 12.1 Å². The van der Waals surface area contributed by atoms with Gasteiger partial charge in [0.1, 0.15) is 11.6 Å². The van der Waals surface area contributed by atoms with Crippen LogP contribution in [0, 0.1) is 11.3 Å². The molecule has 22 heavy (non-hydrogen) atoms. The Morgan fingerprint density at radius 3 is 2.73 bits per heavy atom. The second-order valence-electron chi connectivity index (χ2n) is 4.23. The van der Waals surface area contributed by atoms with Crippen LogP contribution in [0.1, 0.15) is 10.4 Å². The second-order valence-corrected chi connectivity index (χ2v) is 4.23. The predicted molar refractivity (Wildman–Crippen MR) is 76.9 cm³/mol. The second kappa shape index (κ2) is 5.80. The van der Waals surface area contributed by atoms with Gasteiger partial charge in [0, 0.05) is 12.4 Å². The topological polar surface area (TPSA) is 142 Å². The highest BCUT2D eigenvalue weighted by atomic mass is 16.3. The molecule has 8 nitrogen and oxygen atoms in total. The number of phenolic OH excluding ortho intramolecular Hbond substituents is 2. The number of aromatic nitrogens is 2. The molecule has 0 aliphatic heterocycles. The number of rotatable bonds is 2. The fourth-order valence-corrected chi connectivity index (χ4v) is 1.70. The summed E-state index contributed by atoms with van der Waals surface area (Å²) in [6, 6.07) is 5.44. The summed E-state index contributed by atoms with van der Waals surface area (Å²) in [5.41, 5.74) is 4.40. The minimum atomic E-state index is -0.869. The molecule has 8 heteroatoms. The normalized spacial score (nSPS) is 11.0. The number of nitrogen functional groups attached to an aromatic ring is 1. The fraction of sp³-hybridized carbons (Fsp3) is 0. The first-order valence-electron chi connectivity index (χ1n) is 5.95. The number of aromatic hydroxyl groups is 2. The molecule has 4 N–H and O–H groups in total. The highest BCUT2D eigenvalue weighted by molar-refractivity contribution is 6.03. The minimum Gasteiger partial charge on any atom is -0.504 e. The van der Waals surface area contributed by atoms with Crippen molar-refractivity contribution in [1.82, 2.24) is 9.55 Å². The third kappa shape index (κ3) is 2.78. The van der Waals surface area contributed by atoms with Gasteiger partial charge in [0.25, 0.3) is 5.91 Å². The summed E-state index contributed by atoms with van der Waals surface area (Å²) in [5, 5.41) is 27.9. The number of hydrogen-bond donors (Lipinski definition) is 3. The lowest BCUT2D eigenvalue weighted by molar-refractivity contribution is 0.0955. The SMILES string of the molecule is N#C/C(=C\c1cc(N)c(O)c(O)c1)C(=O)n1cccnc1=O. The van der Waals surface area contributed by atoms with Crippen LogP contribution in [-0.4, -0.2) is 25.7 Å². The third-order valence-electron chi connectivity index (χ3n) is 2.73. The van der Waals surface area contributed by atoms with Crippen molar-refractivity contribution in [2.24, 2.45) is 0 Å². The Balaban J connectivity index is 2.49. The highest BCUT2D eigenvalue weighted by Crippen LogP contribution is 2.33. The third-order valence-corrected chi connectivity index (χ3v) is 2.73. The number of carbonyl (C=O) groups excluding carboxylic acids is 1. The molecule has 0 fully saturated rings. The quantitative estimate of drug-likeness (QED) is 0.317. The standard InChI is InChI=1S/C14H10N4O4/c15-7-9(13(21)18-3-1-2-17-14(18)22)4-8-5-10(16)12(20)11(19)6-8/h1-6,19-20H,16H2/b9-4+. The Morgan fingerprint density at radius 1 is 1.41 bits per heavy atom. The van der Waals surface area contributed by atoms with Gasteiger partial charge in [-0.2, -0.15) is 5.26 Å². The number of anilines is 1. The van der Waals surface area contributed by atoms with Crippen molar-refractivity contribution in [2.75, 3.05) is 5.73 Å². The summed E-state index contributed by atoms with van der Waals surface area (Å²) in [7, 11) is 0. The van der Waals surface area contributed by atoms with E-state index in [4.69, 9.17) is 11.0 Å². The molecule has 1 aromatic carbocycles. The van der Waals surface area contributed by atoms with E-state index >= 15 is 0 Å². The summed E-state index contributed by atoms with van der Waals surface area (Å²) in [4.78, 5) is 27.0. The zero-order valence-electron chi connectivity index (χ0n) is 11.1. The molecule has 1 aromatic heterocycles. The maximum atomic E-state index is 12.1. The van der Waals surface area contributed by atoms with Crippen molar-refractivity contribution in [3.63, 3.8) is 0 Å². The molecule has 110 valence electrons. The number of hydrogen-bond acceptors (Lipinski definition) is 7. The molecule has 2 aromatic rings. The van der Waals surface area contributed by atoms with Gasteiger partial charge < -0.3 is 15.9 Å². The summed E-state index contributed by atoms with van der Waals surface area (Å²) >= 11 is 0. The Hall–Kier alpha value is -3.60. The van der Waals surface area contributed by atoms with Crippen LogP contribution >= 0.6 is 0 Å². The van der Waals surface area contributed by atoms with E-state index in [9.17, 15) is 19.8 Å². The lowest BCUT2D eigenvalue weighted by Crippen LogP contribution is -2.28. The first kappa shape index (κ1) is 14.8. The van der Waals surface area contributed by atoms with Crippen molar-refractivity contribution in [2.45, 2.75) is 0 Å². The zero-order chi connectivity index (χ0) is 16.3. The Bertz CT molecular complexity index is 854. The number of allylic oxidation sites excluding steroid dienone is 1. The number of carbonyl (C=O) groups is 1. The maximum Gasteiger partial charge on any atom is 0.354 e. The van der Waals surface area contributed by atoms with Crippen molar-refractivity contribution in [3.05, 3.63) is 52.2 Å². The van der Waals surface area contributed by atoms with E-state index in [2.05, 4.69) is 4.98 Å². The molecule has 0 unspecified atom stereocenters. The molecule has 1 heterocycles. The summed E-state index contributed by atoms with van der Waals surface area (Å²) < 4.78 is 0.679. The molecule has 0 aliphatic rings. The van der Waals surface area contributed by atoms with E-state index in [1.165, 1.54) is 24.5 Å². The lowest BCUT2D eigenvalue weighted by atomic mass is 10.1. The number of benzene rings is 1. The molecule has 0 saturated carbocycles. The molecule has 0 aliphatic carbocycles. The van der Waals surface area contributed by atoms with Crippen molar-refractivity contribution < 1.29 is 15.0 Å². The van der Waals surface area contributed by atoms with Crippen LogP contribution in [0.4, 0.5) is 5.69 Å². The fourth-order valence-electron chi connectivity index (χ4n) is 1.70. The summed E-state index contributed by atoms with van der Waals surface area (Å²) in [5.74, 6) is -1.85. The van der Waals surface area contributed by atoms with E-state index in [0.29, 0.717) is 4.57 Å². The summed E-state index contributed by atoms with van der Waals surface area (Å²) in [6.45, 7) is 0. The van der Waals surface area contributed by atoms with Crippen LogP contribution in [0.2, 0.25) is 0 Å². The van der Waals surface area contributed by atoms with Crippen molar-refractivity contribution in [1.29, 1.82) is 5.26 Å². The molecular weight excluding hydrogens is 288 g/mol. The minimum absolute atomic E-state index is 0.116. The Labute approximate surface area is 124 Å².